The minimum atomic E-state index is -0.351. The first-order valence-electron chi connectivity index (χ1n) is 10.2. The van der Waals surface area contributed by atoms with Crippen LogP contribution >= 0.6 is 11.3 Å². The Balaban J connectivity index is 1.46. The van der Waals surface area contributed by atoms with Crippen LogP contribution in [0.5, 0.6) is 11.5 Å². The van der Waals surface area contributed by atoms with Gasteiger partial charge in [-0.3, -0.25) is 9.59 Å². The molecule has 1 aliphatic heterocycles. The fourth-order valence-electron chi connectivity index (χ4n) is 3.48. The first-order chi connectivity index (χ1) is 15.1. The van der Waals surface area contributed by atoms with E-state index in [0.29, 0.717) is 17.1 Å². The summed E-state index contributed by atoms with van der Waals surface area (Å²) >= 11 is 1.51. The summed E-state index contributed by atoms with van der Waals surface area (Å²) in [5, 5.41) is 1.92. The Kier molecular flexibility index (Phi) is 6.18. The summed E-state index contributed by atoms with van der Waals surface area (Å²) in [4.78, 5) is 28.0. The van der Waals surface area contributed by atoms with Crippen molar-refractivity contribution in [3.05, 3.63) is 81.7 Å². The van der Waals surface area contributed by atoms with Crippen LogP contribution < -0.4 is 14.4 Å². The molecule has 0 bridgehead atoms. The largest absolute Gasteiger partial charge is 0.452 e. The van der Waals surface area contributed by atoms with Crippen molar-refractivity contribution < 1.29 is 19.1 Å². The van der Waals surface area contributed by atoms with Crippen molar-refractivity contribution in [2.45, 2.75) is 20.3 Å². The quantitative estimate of drug-likeness (QED) is 0.285. The molecule has 0 atom stereocenters. The molecule has 5 nitrogen and oxygen atoms in total. The van der Waals surface area contributed by atoms with E-state index >= 15 is 0 Å². The van der Waals surface area contributed by atoms with E-state index < -0.39 is 0 Å². The molecular weight excluding hydrogens is 410 g/mol. The molecule has 0 aliphatic carbocycles. The molecule has 0 spiro atoms. The van der Waals surface area contributed by atoms with Gasteiger partial charge in [0.05, 0.1) is 12.0 Å². The number of thiophene rings is 1. The molecule has 1 aliphatic rings. The van der Waals surface area contributed by atoms with Crippen LogP contribution in [-0.4, -0.2) is 24.8 Å². The molecule has 0 amide bonds. The SMILES string of the molecule is CCN(CC)c1ccc(/C=C2\Oc3cc(OC(=O)Cc4cccs4)ccc3C2=O)cc1. The summed E-state index contributed by atoms with van der Waals surface area (Å²) in [6.07, 6.45) is 1.94. The van der Waals surface area contributed by atoms with Gasteiger partial charge in [-0.15, -0.1) is 11.3 Å². The predicted molar refractivity (Wildman–Crippen MR) is 123 cm³/mol. The second-order valence-electron chi connectivity index (χ2n) is 7.09. The number of fused-ring (bicyclic) bond motifs is 1. The zero-order valence-electron chi connectivity index (χ0n) is 17.5. The molecule has 0 N–H and O–H groups in total. The van der Waals surface area contributed by atoms with E-state index in [-0.39, 0.29) is 23.9 Å². The van der Waals surface area contributed by atoms with Gasteiger partial charge in [0, 0.05) is 29.7 Å². The Morgan fingerprint density at radius 1 is 1.10 bits per heavy atom. The van der Waals surface area contributed by atoms with Gasteiger partial charge in [0.15, 0.2) is 5.76 Å². The number of rotatable bonds is 7. The van der Waals surface area contributed by atoms with Crippen molar-refractivity contribution >= 4 is 34.9 Å². The van der Waals surface area contributed by atoms with Crippen molar-refractivity contribution in [1.29, 1.82) is 0 Å². The fourth-order valence-corrected chi connectivity index (χ4v) is 4.17. The van der Waals surface area contributed by atoms with E-state index in [1.165, 1.54) is 11.3 Å². The molecule has 0 radical (unpaired) electrons. The maximum absolute atomic E-state index is 12.7. The summed E-state index contributed by atoms with van der Waals surface area (Å²) in [6, 6.07) is 16.6. The zero-order valence-corrected chi connectivity index (χ0v) is 18.3. The number of ether oxygens (including phenoxy) is 2. The third-order valence-electron chi connectivity index (χ3n) is 5.09. The summed E-state index contributed by atoms with van der Waals surface area (Å²) in [7, 11) is 0. The van der Waals surface area contributed by atoms with Crippen molar-refractivity contribution in [2.75, 3.05) is 18.0 Å². The molecular formula is C25H23NO4S. The zero-order chi connectivity index (χ0) is 21.8. The standard InChI is InChI=1S/C25H23NO4S/c1-3-26(4-2)18-9-7-17(8-10-18)14-23-25(28)21-12-11-19(15-22(21)30-23)29-24(27)16-20-6-5-13-31-20/h5-15H,3-4,16H2,1-2H3/b23-14-. The minimum absolute atomic E-state index is 0.181. The van der Waals surface area contributed by atoms with Crippen LogP contribution in [0, 0.1) is 0 Å². The van der Waals surface area contributed by atoms with Gasteiger partial charge in [-0.1, -0.05) is 18.2 Å². The molecule has 1 aromatic heterocycles. The topological polar surface area (TPSA) is 55.8 Å². The van der Waals surface area contributed by atoms with Gasteiger partial charge in [0.1, 0.15) is 11.5 Å². The summed E-state index contributed by atoms with van der Waals surface area (Å²) < 4.78 is 11.2. The highest BCUT2D eigenvalue weighted by Gasteiger charge is 2.28. The number of allylic oxidation sites excluding steroid dienone is 1. The number of hydrogen-bond donors (Lipinski definition) is 0. The first kappa shape index (κ1) is 20.9. The molecule has 0 saturated carbocycles. The van der Waals surface area contributed by atoms with E-state index in [1.807, 2.05) is 41.8 Å². The molecule has 31 heavy (non-hydrogen) atoms. The maximum Gasteiger partial charge on any atom is 0.316 e. The Hall–Kier alpha value is -3.38. The van der Waals surface area contributed by atoms with Gasteiger partial charge in [-0.25, -0.2) is 0 Å². The molecule has 2 aromatic carbocycles. The van der Waals surface area contributed by atoms with Crippen LogP contribution in [-0.2, 0) is 11.2 Å². The van der Waals surface area contributed by atoms with Crippen molar-refractivity contribution in [3.63, 3.8) is 0 Å². The third kappa shape index (κ3) is 4.70. The Bertz CT molecular complexity index is 1110. The second kappa shape index (κ2) is 9.18. The smallest absolute Gasteiger partial charge is 0.316 e. The van der Waals surface area contributed by atoms with Crippen LogP contribution in [0.3, 0.4) is 0 Å². The fraction of sp³-hybridized carbons (Fsp3) is 0.200. The number of esters is 1. The molecule has 3 aromatic rings. The number of Topliss-reactive ketones (excluding diaryl/α,β-unsaturated/α-hetero) is 1. The highest BCUT2D eigenvalue weighted by atomic mass is 32.1. The number of anilines is 1. The number of ketones is 1. The normalized spacial score (nSPS) is 13.7. The molecule has 0 unspecified atom stereocenters. The lowest BCUT2D eigenvalue weighted by atomic mass is 10.1. The van der Waals surface area contributed by atoms with E-state index in [4.69, 9.17) is 9.47 Å². The average molecular weight is 434 g/mol. The molecule has 4 rings (SSSR count). The van der Waals surface area contributed by atoms with Gasteiger partial charge < -0.3 is 14.4 Å². The van der Waals surface area contributed by atoms with Crippen molar-refractivity contribution in [2.24, 2.45) is 0 Å². The Morgan fingerprint density at radius 2 is 1.87 bits per heavy atom. The van der Waals surface area contributed by atoms with Crippen molar-refractivity contribution in [3.8, 4) is 11.5 Å². The lowest BCUT2D eigenvalue weighted by molar-refractivity contribution is -0.133. The third-order valence-corrected chi connectivity index (χ3v) is 5.97. The molecule has 2 heterocycles. The lowest BCUT2D eigenvalue weighted by Crippen LogP contribution is -2.21. The first-order valence-corrected chi connectivity index (χ1v) is 11.1. The highest BCUT2D eigenvalue weighted by molar-refractivity contribution is 7.10. The van der Waals surface area contributed by atoms with E-state index in [9.17, 15) is 9.59 Å². The number of hydrogen-bond acceptors (Lipinski definition) is 6. The minimum Gasteiger partial charge on any atom is -0.452 e. The average Bonchev–Trinajstić information content (AvgIpc) is 3.38. The monoisotopic (exact) mass is 433 g/mol. The summed E-state index contributed by atoms with van der Waals surface area (Å²) in [5.41, 5.74) is 2.49. The molecule has 158 valence electrons. The Labute approximate surface area is 185 Å². The van der Waals surface area contributed by atoms with Gasteiger partial charge in [-0.05, 0) is 61.2 Å². The summed E-state index contributed by atoms with van der Waals surface area (Å²) in [6.45, 7) is 6.12. The highest BCUT2D eigenvalue weighted by Crippen LogP contribution is 2.35. The van der Waals surface area contributed by atoms with E-state index in [0.717, 1.165) is 29.2 Å². The molecule has 0 fully saturated rings. The number of benzene rings is 2. The van der Waals surface area contributed by atoms with Crippen LogP contribution in [0.25, 0.3) is 6.08 Å². The number of nitrogens with zero attached hydrogens (tertiary/aromatic N) is 1. The molecule has 0 saturated heterocycles. The second-order valence-corrected chi connectivity index (χ2v) is 8.12. The molecule has 6 heteroatoms. The van der Waals surface area contributed by atoms with Crippen LogP contribution in [0.1, 0.15) is 34.6 Å². The van der Waals surface area contributed by atoms with Crippen LogP contribution in [0.4, 0.5) is 5.69 Å². The number of carbonyl (C=O) groups excluding carboxylic acids is 2. The predicted octanol–water partition coefficient (Wildman–Crippen LogP) is 5.36. The van der Waals surface area contributed by atoms with Crippen LogP contribution in [0.2, 0.25) is 0 Å². The maximum atomic E-state index is 12.7. The van der Waals surface area contributed by atoms with Gasteiger partial charge >= 0.3 is 5.97 Å². The van der Waals surface area contributed by atoms with Crippen LogP contribution in [0.15, 0.2) is 65.7 Å². The van der Waals surface area contributed by atoms with Gasteiger partial charge in [0.2, 0.25) is 5.78 Å². The number of carbonyl (C=O) groups is 2. The van der Waals surface area contributed by atoms with Gasteiger partial charge in [-0.2, -0.15) is 0 Å². The summed E-state index contributed by atoms with van der Waals surface area (Å²) in [5.74, 6) is 0.484. The van der Waals surface area contributed by atoms with E-state index in [1.54, 1.807) is 24.3 Å². The van der Waals surface area contributed by atoms with E-state index in [2.05, 4.69) is 18.7 Å². The van der Waals surface area contributed by atoms with Crippen molar-refractivity contribution in [1.82, 2.24) is 0 Å². The van der Waals surface area contributed by atoms with Gasteiger partial charge in [0.25, 0.3) is 0 Å². The lowest BCUT2D eigenvalue weighted by Gasteiger charge is -2.20. The Morgan fingerprint density at radius 3 is 2.55 bits per heavy atom.